The molecule has 10 heteroatoms. The van der Waals surface area contributed by atoms with Crippen LogP contribution in [0, 0.1) is 5.92 Å². The van der Waals surface area contributed by atoms with Crippen molar-refractivity contribution in [3.8, 4) is 0 Å². The van der Waals surface area contributed by atoms with Crippen LogP contribution in [0.4, 0.5) is 18.0 Å². The van der Waals surface area contributed by atoms with Crippen LogP contribution in [0.2, 0.25) is 0 Å². The topological polar surface area (TPSA) is 78.8 Å². The van der Waals surface area contributed by atoms with E-state index in [1.165, 1.54) is 17.3 Å². The number of hydrogen-bond acceptors (Lipinski definition) is 3. The van der Waals surface area contributed by atoms with Gasteiger partial charge in [0.05, 0.1) is 11.2 Å². The van der Waals surface area contributed by atoms with E-state index in [1.54, 1.807) is 0 Å². The van der Waals surface area contributed by atoms with Crippen molar-refractivity contribution in [3.05, 3.63) is 12.2 Å². The maximum atomic E-state index is 12.4. The lowest BCUT2D eigenvalue weighted by Crippen LogP contribution is -2.46. The average Bonchev–Trinajstić information content (AvgIpc) is 3.37. The van der Waals surface area contributed by atoms with Gasteiger partial charge in [-0.3, -0.25) is 0 Å². The van der Waals surface area contributed by atoms with E-state index in [9.17, 15) is 26.4 Å². The molecule has 6 nitrogen and oxygen atoms in total. The Hall–Kier alpha value is -1.42. The van der Waals surface area contributed by atoms with Crippen molar-refractivity contribution in [1.29, 1.82) is 0 Å². The lowest BCUT2D eigenvalue weighted by atomic mass is 10.1. The Morgan fingerprint density at radius 1 is 1.23 bits per heavy atom. The summed E-state index contributed by atoms with van der Waals surface area (Å²) in [6.45, 7) is 3.18. The molecule has 0 aromatic heterocycles. The molecule has 0 aromatic rings. The zero-order valence-electron chi connectivity index (χ0n) is 14.8. The summed E-state index contributed by atoms with van der Waals surface area (Å²) in [5.41, 5.74) is 0.173. The SMILES string of the molecule is CC(/C=C\C(C)C(F)(F)F)=NC(=O)NC1CCN(S(=O)(=O)C2CC2)CC1. The van der Waals surface area contributed by atoms with Crippen molar-refractivity contribution >= 4 is 21.8 Å². The lowest BCUT2D eigenvalue weighted by molar-refractivity contribution is -0.156. The van der Waals surface area contributed by atoms with Crippen LogP contribution in [0.1, 0.15) is 39.5 Å². The van der Waals surface area contributed by atoms with E-state index < -0.39 is 28.1 Å². The second kappa shape index (κ2) is 8.08. The number of amides is 2. The average molecular weight is 395 g/mol. The van der Waals surface area contributed by atoms with Gasteiger partial charge in [0.25, 0.3) is 0 Å². The van der Waals surface area contributed by atoms with Crippen molar-refractivity contribution in [1.82, 2.24) is 9.62 Å². The third-order valence-corrected chi connectivity index (χ3v) is 6.91. The van der Waals surface area contributed by atoms with Gasteiger partial charge in [-0.15, -0.1) is 0 Å². The fraction of sp³-hybridized carbons (Fsp3) is 0.750. The molecular weight excluding hydrogens is 371 g/mol. The number of allylic oxidation sites excluding steroid dienone is 2. The van der Waals surface area contributed by atoms with Crippen LogP contribution in [0.5, 0.6) is 0 Å². The van der Waals surface area contributed by atoms with Gasteiger partial charge in [0.1, 0.15) is 0 Å². The summed E-state index contributed by atoms with van der Waals surface area (Å²) in [7, 11) is -3.20. The van der Waals surface area contributed by atoms with Crippen molar-refractivity contribution in [2.24, 2.45) is 10.9 Å². The van der Waals surface area contributed by atoms with E-state index >= 15 is 0 Å². The third-order valence-electron chi connectivity index (χ3n) is 4.51. The summed E-state index contributed by atoms with van der Waals surface area (Å²) in [4.78, 5) is 15.6. The molecule has 1 aliphatic heterocycles. The molecular formula is C16H24F3N3O3S. The minimum absolute atomic E-state index is 0.173. The number of urea groups is 1. The minimum Gasteiger partial charge on any atom is -0.333 e. The molecule has 2 fully saturated rings. The van der Waals surface area contributed by atoms with Gasteiger partial charge in [-0.05, 0) is 38.7 Å². The first kappa shape index (κ1) is 20.9. The maximum absolute atomic E-state index is 12.4. The second-order valence-electron chi connectivity index (χ2n) is 6.81. The predicted molar refractivity (Wildman–Crippen MR) is 92.5 cm³/mol. The predicted octanol–water partition coefficient (Wildman–Crippen LogP) is 2.87. The van der Waals surface area contributed by atoms with E-state index in [2.05, 4.69) is 10.3 Å². The van der Waals surface area contributed by atoms with Gasteiger partial charge in [0, 0.05) is 24.8 Å². The number of hydrogen-bond donors (Lipinski definition) is 1. The Balaban J connectivity index is 1.80. The van der Waals surface area contributed by atoms with Gasteiger partial charge in [-0.25, -0.2) is 17.5 Å². The number of sulfonamides is 1. The first-order chi connectivity index (χ1) is 12.0. The van der Waals surface area contributed by atoms with Crippen LogP contribution in [0.25, 0.3) is 0 Å². The normalized spacial score (nSPS) is 22.6. The zero-order chi connectivity index (χ0) is 19.5. The molecule has 1 atom stereocenters. The van der Waals surface area contributed by atoms with Crippen LogP contribution in [-0.2, 0) is 10.0 Å². The molecule has 1 saturated carbocycles. The number of carbonyl (C=O) groups excluding carboxylic acids is 1. The third kappa shape index (κ3) is 5.80. The van der Waals surface area contributed by atoms with Gasteiger partial charge < -0.3 is 5.32 Å². The maximum Gasteiger partial charge on any atom is 0.394 e. The quantitative estimate of drug-likeness (QED) is 0.727. The van der Waals surface area contributed by atoms with Gasteiger partial charge in [0.15, 0.2) is 0 Å². The number of nitrogens with one attached hydrogen (secondary N) is 1. The standard InChI is InChI=1S/C16H24F3N3O3S/c1-11(16(17,18)19)3-4-12(2)20-15(23)21-13-7-9-22(10-8-13)26(24,25)14-5-6-14/h3-4,11,13-14H,5-10H2,1-2H3,(H,21,23)/b4-3-,20-12?. The highest BCUT2D eigenvalue weighted by Crippen LogP contribution is 2.32. The highest BCUT2D eigenvalue weighted by atomic mass is 32.2. The smallest absolute Gasteiger partial charge is 0.333 e. The molecule has 0 radical (unpaired) electrons. The molecule has 2 aliphatic rings. The molecule has 1 aliphatic carbocycles. The second-order valence-corrected chi connectivity index (χ2v) is 9.02. The Labute approximate surface area is 151 Å². The summed E-state index contributed by atoms with van der Waals surface area (Å²) in [6.07, 6.45) is 0.213. The molecule has 0 bridgehead atoms. The molecule has 26 heavy (non-hydrogen) atoms. The van der Waals surface area contributed by atoms with E-state index in [4.69, 9.17) is 0 Å². The number of rotatable bonds is 5. The van der Waals surface area contributed by atoms with Crippen LogP contribution < -0.4 is 5.32 Å². The van der Waals surface area contributed by atoms with Crippen LogP contribution >= 0.6 is 0 Å². The molecule has 1 N–H and O–H groups in total. The molecule has 1 saturated heterocycles. The summed E-state index contributed by atoms with van der Waals surface area (Å²) in [6, 6.07) is -0.821. The zero-order valence-corrected chi connectivity index (χ0v) is 15.6. The van der Waals surface area contributed by atoms with E-state index in [0.29, 0.717) is 38.8 Å². The largest absolute Gasteiger partial charge is 0.394 e. The summed E-state index contributed by atoms with van der Waals surface area (Å²) in [5, 5.41) is 2.44. The minimum atomic E-state index is -4.33. The molecule has 0 spiro atoms. The van der Waals surface area contributed by atoms with Crippen LogP contribution in [0.15, 0.2) is 17.1 Å². The van der Waals surface area contributed by atoms with E-state index in [1.807, 2.05) is 0 Å². The van der Waals surface area contributed by atoms with Crippen molar-refractivity contribution < 1.29 is 26.4 Å². The number of nitrogens with zero attached hydrogens (tertiary/aromatic N) is 2. The van der Waals surface area contributed by atoms with Gasteiger partial charge >= 0.3 is 12.2 Å². The summed E-state index contributed by atoms with van der Waals surface area (Å²) < 4.78 is 63.0. The number of piperidine rings is 1. The number of aliphatic imine (C=N–C) groups is 1. The molecule has 2 amide bonds. The van der Waals surface area contributed by atoms with Crippen molar-refractivity contribution in [2.75, 3.05) is 13.1 Å². The number of carbonyl (C=O) groups is 1. The molecule has 2 rings (SSSR count). The highest BCUT2D eigenvalue weighted by Gasteiger charge is 2.41. The molecule has 148 valence electrons. The Morgan fingerprint density at radius 3 is 2.31 bits per heavy atom. The lowest BCUT2D eigenvalue weighted by Gasteiger charge is -2.31. The summed E-state index contributed by atoms with van der Waals surface area (Å²) >= 11 is 0. The first-order valence-electron chi connectivity index (χ1n) is 8.60. The Bertz CT molecular complexity index is 677. The monoisotopic (exact) mass is 395 g/mol. The molecule has 1 heterocycles. The first-order valence-corrected chi connectivity index (χ1v) is 10.1. The molecule has 0 aromatic carbocycles. The van der Waals surface area contributed by atoms with E-state index in [0.717, 1.165) is 13.0 Å². The van der Waals surface area contributed by atoms with E-state index in [-0.39, 0.29) is 17.0 Å². The summed E-state index contributed by atoms with van der Waals surface area (Å²) in [5.74, 6) is -1.62. The van der Waals surface area contributed by atoms with Gasteiger partial charge in [-0.1, -0.05) is 13.0 Å². The number of alkyl halides is 3. The van der Waals surface area contributed by atoms with Gasteiger partial charge in [-0.2, -0.15) is 18.2 Å². The van der Waals surface area contributed by atoms with Crippen molar-refractivity contribution in [3.63, 3.8) is 0 Å². The fourth-order valence-corrected chi connectivity index (χ4v) is 4.50. The van der Waals surface area contributed by atoms with Gasteiger partial charge in [0.2, 0.25) is 10.0 Å². The van der Waals surface area contributed by atoms with Crippen LogP contribution in [-0.4, -0.2) is 55.0 Å². The number of halogens is 3. The van der Waals surface area contributed by atoms with Crippen LogP contribution in [0.3, 0.4) is 0 Å². The fourth-order valence-electron chi connectivity index (χ4n) is 2.63. The Kier molecular flexibility index (Phi) is 6.49. The highest BCUT2D eigenvalue weighted by molar-refractivity contribution is 7.90. The van der Waals surface area contributed by atoms with Crippen molar-refractivity contribution in [2.45, 2.75) is 57.0 Å². The molecule has 1 unspecified atom stereocenters. The Morgan fingerprint density at radius 2 is 1.81 bits per heavy atom.